The molecule has 0 atom stereocenters. The van der Waals surface area contributed by atoms with Crippen LogP contribution in [0.3, 0.4) is 0 Å². The lowest BCUT2D eigenvalue weighted by Gasteiger charge is -1.93. The molecule has 0 fully saturated rings. The Kier molecular flexibility index (Phi) is 11.4. The average Bonchev–Trinajstić information content (AvgIpc) is 2.10. The first kappa shape index (κ1) is 12.2. The molecular formula is C11H21Br. The third kappa shape index (κ3) is 10.2. The fourth-order valence-corrected chi connectivity index (χ4v) is 1.49. The van der Waals surface area contributed by atoms with Crippen LogP contribution in [0.2, 0.25) is 0 Å². The van der Waals surface area contributed by atoms with E-state index in [0.29, 0.717) is 0 Å². The minimum atomic E-state index is 1.16. The predicted octanol–water partition coefficient (Wildman–Crippen LogP) is 4.69. The van der Waals surface area contributed by atoms with Gasteiger partial charge in [-0.15, -0.1) is 0 Å². The highest BCUT2D eigenvalue weighted by atomic mass is 79.9. The Morgan fingerprint density at radius 1 is 0.917 bits per heavy atom. The summed E-state index contributed by atoms with van der Waals surface area (Å²) >= 11 is 3.43. The van der Waals surface area contributed by atoms with Crippen LogP contribution in [-0.4, -0.2) is 5.33 Å². The summed E-state index contributed by atoms with van der Waals surface area (Å²) in [6.07, 6.45) is 13.9. The van der Waals surface area contributed by atoms with E-state index in [2.05, 4.69) is 35.0 Å². The Hall–Kier alpha value is 0.220. The normalized spacial score (nSPS) is 11.2. The van der Waals surface area contributed by atoms with Gasteiger partial charge in [-0.2, -0.15) is 0 Å². The molecule has 0 nitrogen and oxygen atoms in total. The van der Waals surface area contributed by atoms with Gasteiger partial charge >= 0.3 is 0 Å². The lowest BCUT2D eigenvalue weighted by atomic mass is 10.2. The molecule has 0 radical (unpaired) electrons. The zero-order chi connectivity index (χ0) is 9.07. The van der Waals surface area contributed by atoms with Crippen molar-refractivity contribution < 1.29 is 0 Å². The maximum absolute atomic E-state index is 3.43. The lowest BCUT2D eigenvalue weighted by molar-refractivity contribution is 0.733. The van der Waals surface area contributed by atoms with Gasteiger partial charge in [-0.05, 0) is 25.7 Å². The largest absolute Gasteiger partial charge is 0.0928 e. The zero-order valence-electron chi connectivity index (χ0n) is 8.19. The van der Waals surface area contributed by atoms with Crippen LogP contribution in [0.4, 0.5) is 0 Å². The molecule has 0 aliphatic carbocycles. The third-order valence-corrected chi connectivity index (χ3v) is 2.46. The van der Waals surface area contributed by atoms with E-state index in [0.717, 1.165) is 5.33 Å². The SMILES string of the molecule is CCCCC=CCCCCCBr. The molecule has 0 saturated heterocycles. The molecule has 0 amide bonds. The zero-order valence-corrected chi connectivity index (χ0v) is 9.78. The van der Waals surface area contributed by atoms with Gasteiger partial charge in [0.2, 0.25) is 0 Å². The average molecular weight is 233 g/mol. The second-order valence-electron chi connectivity index (χ2n) is 3.15. The highest BCUT2D eigenvalue weighted by Crippen LogP contribution is 2.03. The van der Waals surface area contributed by atoms with Crippen molar-refractivity contribution in [3.63, 3.8) is 0 Å². The van der Waals surface area contributed by atoms with E-state index in [1.807, 2.05) is 0 Å². The van der Waals surface area contributed by atoms with E-state index >= 15 is 0 Å². The molecule has 0 heterocycles. The molecule has 0 unspecified atom stereocenters. The van der Waals surface area contributed by atoms with Crippen LogP contribution in [-0.2, 0) is 0 Å². The van der Waals surface area contributed by atoms with E-state index in [9.17, 15) is 0 Å². The number of unbranched alkanes of at least 4 members (excludes halogenated alkanes) is 5. The summed E-state index contributed by atoms with van der Waals surface area (Å²) in [5.41, 5.74) is 0. The van der Waals surface area contributed by atoms with Gasteiger partial charge < -0.3 is 0 Å². The molecule has 0 aromatic carbocycles. The molecule has 0 aliphatic heterocycles. The summed E-state index contributed by atoms with van der Waals surface area (Å²) in [5, 5.41) is 1.16. The van der Waals surface area contributed by atoms with E-state index < -0.39 is 0 Å². The first-order chi connectivity index (χ1) is 5.91. The van der Waals surface area contributed by atoms with Crippen molar-refractivity contribution in [2.45, 2.75) is 51.9 Å². The van der Waals surface area contributed by atoms with Gasteiger partial charge in [0.1, 0.15) is 0 Å². The van der Waals surface area contributed by atoms with E-state index in [1.54, 1.807) is 0 Å². The van der Waals surface area contributed by atoms with Crippen molar-refractivity contribution in [1.82, 2.24) is 0 Å². The van der Waals surface area contributed by atoms with Crippen molar-refractivity contribution in [2.24, 2.45) is 0 Å². The molecule has 0 saturated carbocycles. The topological polar surface area (TPSA) is 0 Å². The van der Waals surface area contributed by atoms with Crippen LogP contribution in [0.25, 0.3) is 0 Å². The Labute approximate surface area is 85.6 Å². The monoisotopic (exact) mass is 232 g/mol. The van der Waals surface area contributed by atoms with Crippen molar-refractivity contribution in [3.8, 4) is 0 Å². The van der Waals surface area contributed by atoms with E-state index in [-0.39, 0.29) is 0 Å². The highest BCUT2D eigenvalue weighted by Gasteiger charge is 1.84. The van der Waals surface area contributed by atoms with Gasteiger partial charge in [0.05, 0.1) is 0 Å². The molecule has 0 aliphatic rings. The van der Waals surface area contributed by atoms with Crippen molar-refractivity contribution >= 4 is 15.9 Å². The predicted molar refractivity (Wildman–Crippen MR) is 60.9 cm³/mol. The molecule has 72 valence electrons. The maximum Gasteiger partial charge on any atom is 0.00313 e. The van der Waals surface area contributed by atoms with Crippen LogP contribution in [0.15, 0.2) is 12.2 Å². The van der Waals surface area contributed by atoms with Crippen LogP contribution >= 0.6 is 15.9 Å². The van der Waals surface area contributed by atoms with Gasteiger partial charge in [-0.25, -0.2) is 0 Å². The standard InChI is InChI=1S/C11H21Br/c1-2-3-4-5-6-7-8-9-10-11-12/h5-6H,2-4,7-11H2,1H3. The quantitative estimate of drug-likeness (QED) is 0.324. The molecule has 0 bridgehead atoms. The summed E-state index contributed by atoms with van der Waals surface area (Å²) in [6.45, 7) is 2.24. The fourth-order valence-electron chi connectivity index (χ4n) is 1.09. The van der Waals surface area contributed by atoms with Gasteiger partial charge in [0.25, 0.3) is 0 Å². The molecule has 12 heavy (non-hydrogen) atoms. The van der Waals surface area contributed by atoms with Gasteiger partial charge in [0, 0.05) is 5.33 Å². The smallest absolute Gasteiger partial charge is 0.00313 e. The number of rotatable bonds is 8. The summed E-state index contributed by atoms with van der Waals surface area (Å²) in [6, 6.07) is 0. The summed E-state index contributed by atoms with van der Waals surface area (Å²) in [4.78, 5) is 0. The molecule has 0 N–H and O–H groups in total. The van der Waals surface area contributed by atoms with Crippen molar-refractivity contribution in [3.05, 3.63) is 12.2 Å². The molecule has 0 rings (SSSR count). The second kappa shape index (κ2) is 11.2. The van der Waals surface area contributed by atoms with Gasteiger partial charge in [-0.1, -0.05) is 54.3 Å². The molecule has 0 aromatic heterocycles. The minimum Gasteiger partial charge on any atom is -0.0928 e. The van der Waals surface area contributed by atoms with Crippen LogP contribution in [0, 0.1) is 0 Å². The van der Waals surface area contributed by atoms with Crippen LogP contribution < -0.4 is 0 Å². The van der Waals surface area contributed by atoms with E-state index in [4.69, 9.17) is 0 Å². The van der Waals surface area contributed by atoms with Gasteiger partial charge in [0.15, 0.2) is 0 Å². The minimum absolute atomic E-state index is 1.16. The summed E-state index contributed by atoms with van der Waals surface area (Å²) in [5.74, 6) is 0. The Balaban J connectivity index is 2.92. The third-order valence-electron chi connectivity index (χ3n) is 1.90. The van der Waals surface area contributed by atoms with Crippen molar-refractivity contribution in [1.29, 1.82) is 0 Å². The van der Waals surface area contributed by atoms with Gasteiger partial charge in [-0.3, -0.25) is 0 Å². The Morgan fingerprint density at radius 2 is 1.58 bits per heavy atom. The lowest BCUT2D eigenvalue weighted by Crippen LogP contribution is -1.76. The van der Waals surface area contributed by atoms with Crippen molar-refractivity contribution in [2.75, 3.05) is 5.33 Å². The van der Waals surface area contributed by atoms with Crippen LogP contribution in [0.1, 0.15) is 51.9 Å². The highest BCUT2D eigenvalue weighted by molar-refractivity contribution is 9.09. The molecular weight excluding hydrogens is 212 g/mol. The maximum atomic E-state index is 3.43. The number of alkyl halides is 1. The number of hydrogen-bond acceptors (Lipinski definition) is 0. The summed E-state index contributed by atoms with van der Waals surface area (Å²) in [7, 11) is 0. The number of allylic oxidation sites excluding steroid dienone is 2. The first-order valence-corrected chi connectivity index (χ1v) is 6.25. The number of halogens is 1. The first-order valence-electron chi connectivity index (χ1n) is 5.12. The summed E-state index contributed by atoms with van der Waals surface area (Å²) < 4.78 is 0. The van der Waals surface area contributed by atoms with Crippen LogP contribution in [0.5, 0.6) is 0 Å². The molecule has 0 spiro atoms. The second-order valence-corrected chi connectivity index (χ2v) is 3.94. The molecule has 1 heteroatoms. The molecule has 0 aromatic rings. The Morgan fingerprint density at radius 3 is 2.17 bits per heavy atom. The Bertz CT molecular complexity index is 97.2. The van der Waals surface area contributed by atoms with E-state index in [1.165, 1.54) is 44.9 Å². The fraction of sp³-hybridized carbons (Fsp3) is 0.818. The number of hydrogen-bond donors (Lipinski definition) is 0.